The molecule has 2 fully saturated rings. The number of nitrogens with one attached hydrogen (secondary N) is 4. The summed E-state index contributed by atoms with van der Waals surface area (Å²) in [6.07, 6.45) is 6.92. The van der Waals surface area contributed by atoms with E-state index in [2.05, 4.69) is 47.0 Å². The summed E-state index contributed by atoms with van der Waals surface area (Å²) < 4.78 is 0. The molecular weight excluding hydrogens is 368 g/mol. The molecule has 150 valence electrons. The van der Waals surface area contributed by atoms with Gasteiger partial charge in [0.2, 0.25) is 5.95 Å². The van der Waals surface area contributed by atoms with Gasteiger partial charge in [-0.15, -0.1) is 0 Å². The van der Waals surface area contributed by atoms with Gasteiger partial charge in [-0.3, -0.25) is 15.1 Å². The fourth-order valence-corrected chi connectivity index (χ4v) is 4.73. The van der Waals surface area contributed by atoms with Gasteiger partial charge in [-0.1, -0.05) is 0 Å². The number of hydrogen-bond donors (Lipinski definition) is 4. The maximum Gasteiger partial charge on any atom is 0.232 e. The van der Waals surface area contributed by atoms with E-state index >= 15 is 0 Å². The first-order valence-corrected chi connectivity index (χ1v) is 10.1. The van der Waals surface area contributed by atoms with Crippen molar-refractivity contribution in [2.45, 2.75) is 57.2 Å². The highest BCUT2D eigenvalue weighted by Gasteiger charge is 2.40. The lowest BCUT2D eigenvalue weighted by atomic mass is 9.97. The molecule has 0 aliphatic carbocycles. The number of aryl methyl sites for hydroxylation is 1. The van der Waals surface area contributed by atoms with E-state index in [0.717, 1.165) is 36.3 Å². The molecule has 0 aromatic carbocycles. The molecule has 3 aromatic rings. The Hall–Kier alpha value is -3.19. The number of H-pyrrole nitrogens is 2. The monoisotopic (exact) mass is 392 g/mol. The van der Waals surface area contributed by atoms with E-state index in [1.54, 1.807) is 6.20 Å². The van der Waals surface area contributed by atoms with Crippen LogP contribution in [0.25, 0.3) is 11.0 Å². The van der Waals surface area contributed by atoms with Crippen molar-refractivity contribution in [3.05, 3.63) is 18.0 Å². The van der Waals surface area contributed by atoms with Crippen molar-refractivity contribution in [3.63, 3.8) is 0 Å². The zero-order valence-electron chi connectivity index (χ0n) is 16.3. The van der Waals surface area contributed by atoms with Gasteiger partial charge >= 0.3 is 0 Å². The third-order valence-corrected chi connectivity index (χ3v) is 5.96. The van der Waals surface area contributed by atoms with E-state index in [0.29, 0.717) is 42.0 Å². The lowest BCUT2D eigenvalue weighted by Gasteiger charge is -2.39. The average Bonchev–Trinajstić information content (AvgIpc) is 3.39. The molecule has 5 rings (SSSR count). The zero-order valence-corrected chi connectivity index (χ0v) is 16.3. The van der Waals surface area contributed by atoms with Crippen LogP contribution in [0.15, 0.2) is 12.3 Å². The first-order chi connectivity index (χ1) is 14.2. The van der Waals surface area contributed by atoms with Crippen molar-refractivity contribution >= 4 is 28.6 Å². The molecule has 2 aliphatic rings. The van der Waals surface area contributed by atoms with Gasteiger partial charge in [0.15, 0.2) is 11.5 Å². The van der Waals surface area contributed by atoms with Gasteiger partial charge in [0, 0.05) is 42.9 Å². The molecule has 10 nitrogen and oxygen atoms in total. The number of rotatable bonds is 6. The average molecular weight is 392 g/mol. The minimum absolute atomic E-state index is 0.347. The third kappa shape index (κ3) is 3.49. The highest BCUT2D eigenvalue weighted by atomic mass is 15.3. The van der Waals surface area contributed by atoms with Crippen LogP contribution < -0.4 is 10.6 Å². The van der Waals surface area contributed by atoms with Crippen LogP contribution in [-0.2, 0) is 0 Å². The Morgan fingerprint density at radius 2 is 2.07 bits per heavy atom. The van der Waals surface area contributed by atoms with Crippen LogP contribution in [0.5, 0.6) is 0 Å². The van der Waals surface area contributed by atoms with Gasteiger partial charge in [0.1, 0.15) is 5.82 Å². The maximum absolute atomic E-state index is 8.93. The molecule has 5 heterocycles. The third-order valence-electron chi connectivity index (χ3n) is 5.96. The van der Waals surface area contributed by atoms with Gasteiger partial charge in [-0.2, -0.15) is 25.4 Å². The summed E-state index contributed by atoms with van der Waals surface area (Å²) in [6.45, 7) is 2.83. The molecule has 0 amide bonds. The molecule has 10 heteroatoms. The van der Waals surface area contributed by atoms with Crippen molar-refractivity contribution in [2.24, 2.45) is 0 Å². The summed E-state index contributed by atoms with van der Waals surface area (Å²) in [5.41, 5.74) is 1.65. The second kappa shape index (κ2) is 7.33. The summed E-state index contributed by atoms with van der Waals surface area (Å²) in [7, 11) is 0. The molecular formula is C19H24N10. The lowest BCUT2D eigenvalue weighted by molar-refractivity contribution is 0.136. The first-order valence-electron chi connectivity index (χ1n) is 10.1. The van der Waals surface area contributed by atoms with Crippen LogP contribution in [-0.4, -0.2) is 59.9 Å². The van der Waals surface area contributed by atoms with Gasteiger partial charge in [0.05, 0.1) is 17.7 Å². The number of nitriles is 1. The number of anilines is 3. The fraction of sp³-hybridized carbons (Fsp3) is 0.526. The summed E-state index contributed by atoms with van der Waals surface area (Å²) in [5, 5.41) is 30.8. The van der Waals surface area contributed by atoms with E-state index in [9.17, 15) is 0 Å². The van der Waals surface area contributed by atoms with Crippen molar-refractivity contribution < 1.29 is 0 Å². The molecule has 3 atom stereocenters. The van der Waals surface area contributed by atoms with E-state index in [-0.39, 0.29) is 0 Å². The van der Waals surface area contributed by atoms with Crippen molar-refractivity contribution in [3.8, 4) is 6.07 Å². The number of piperidine rings is 1. The molecule has 0 spiro atoms. The molecule has 2 aliphatic heterocycles. The smallest absolute Gasteiger partial charge is 0.232 e. The van der Waals surface area contributed by atoms with E-state index in [4.69, 9.17) is 10.2 Å². The minimum atomic E-state index is 0.347. The highest BCUT2D eigenvalue weighted by molar-refractivity contribution is 5.87. The largest absolute Gasteiger partial charge is 0.366 e. The number of hydrogen-bond acceptors (Lipinski definition) is 8. The first kappa shape index (κ1) is 17.9. The molecule has 2 bridgehead atoms. The molecule has 29 heavy (non-hydrogen) atoms. The van der Waals surface area contributed by atoms with E-state index in [1.807, 2.05) is 13.0 Å². The van der Waals surface area contributed by atoms with Gasteiger partial charge in [-0.05, 0) is 32.6 Å². The minimum Gasteiger partial charge on any atom is -0.366 e. The Bertz CT molecular complexity index is 1030. The number of aromatic nitrogens is 6. The summed E-state index contributed by atoms with van der Waals surface area (Å²) in [4.78, 5) is 11.7. The summed E-state index contributed by atoms with van der Waals surface area (Å²) in [6, 6.07) is 5.63. The van der Waals surface area contributed by atoms with Crippen LogP contribution in [0.1, 0.15) is 37.8 Å². The quantitative estimate of drug-likeness (QED) is 0.502. The normalized spacial score (nSPS) is 23.9. The molecule has 0 unspecified atom stereocenters. The van der Waals surface area contributed by atoms with E-state index in [1.165, 1.54) is 12.8 Å². The molecule has 0 radical (unpaired) electrons. The molecule has 4 N–H and O–H groups in total. The molecule has 2 saturated heterocycles. The SMILES string of the molecule is Cc1cc(Nc2nc(N[C@@H]3C[C@H]4CC[C@@H](C3)N4CCC#N)c3cn[nH]c3n2)n[nH]1. The maximum atomic E-state index is 8.93. The zero-order chi connectivity index (χ0) is 19.8. The Labute approximate surface area is 168 Å². The van der Waals surface area contributed by atoms with Crippen LogP contribution >= 0.6 is 0 Å². The Morgan fingerprint density at radius 1 is 1.24 bits per heavy atom. The predicted molar refractivity (Wildman–Crippen MR) is 109 cm³/mol. The second-order valence-electron chi connectivity index (χ2n) is 7.93. The fourth-order valence-electron chi connectivity index (χ4n) is 4.73. The Balaban J connectivity index is 1.35. The molecule has 3 aromatic heterocycles. The van der Waals surface area contributed by atoms with E-state index < -0.39 is 0 Å². The predicted octanol–water partition coefficient (Wildman–Crippen LogP) is 2.45. The van der Waals surface area contributed by atoms with Crippen LogP contribution in [0.3, 0.4) is 0 Å². The Kier molecular flexibility index (Phi) is 4.52. The van der Waals surface area contributed by atoms with Crippen molar-refractivity contribution in [2.75, 3.05) is 17.2 Å². The number of nitrogens with zero attached hydrogens (tertiary/aromatic N) is 6. The van der Waals surface area contributed by atoms with Crippen LogP contribution in [0, 0.1) is 18.3 Å². The topological polar surface area (TPSA) is 134 Å². The van der Waals surface area contributed by atoms with Crippen molar-refractivity contribution in [1.29, 1.82) is 5.26 Å². The second-order valence-corrected chi connectivity index (χ2v) is 7.93. The molecule has 0 saturated carbocycles. The number of aromatic amines is 2. The summed E-state index contributed by atoms with van der Waals surface area (Å²) >= 11 is 0. The lowest BCUT2D eigenvalue weighted by Crippen LogP contribution is -2.47. The van der Waals surface area contributed by atoms with Gasteiger partial charge in [-0.25, -0.2) is 0 Å². The Morgan fingerprint density at radius 3 is 2.79 bits per heavy atom. The van der Waals surface area contributed by atoms with Crippen LogP contribution in [0.2, 0.25) is 0 Å². The van der Waals surface area contributed by atoms with Gasteiger partial charge < -0.3 is 10.6 Å². The van der Waals surface area contributed by atoms with Gasteiger partial charge in [0.25, 0.3) is 0 Å². The standard InChI is InChI=1S/C19H24N10/c1-11-7-16(27-26-11)23-19-24-17(15-10-21-28-18(15)25-19)22-12-8-13-3-4-14(9-12)29(13)6-2-5-20/h7,10,12-14H,2-4,6,8-9H2,1H3,(H4,21,22,23,24,25,26,27,28)/t12-,13-,14+. The summed E-state index contributed by atoms with van der Waals surface area (Å²) in [5.74, 6) is 1.94. The van der Waals surface area contributed by atoms with Crippen LogP contribution in [0.4, 0.5) is 17.6 Å². The van der Waals surface area contributed by atoms with Crippen molar-refractivity contribution in [1.82, 2.24) is 35.3 Å². The highest BCUT2D eigenvalue weighted by Crippen LogP contribution is 2.37. The number of fused-ring (bicyclic) bond motifs is 3.